The topological polar surface area (TPSA) is 31.7 Å². The van der Waals surface area contributed by atoms with Gasteiger partial charge in [0, 0.05) is 47.3 Å². The lowest BCUT2D eigenvalue weighted by Crippen LogP contribution is -2.48. The maximum atomic E-state index is 5.21. The molecule has 1 aromatic heterocycles. The normalized spacial score (nSPS) is 31.3. The van der Waals surface area contributed by atoms with Crippen LogP contribution in [0.1, 0.15) is 52.4 Å². The number of dihydropyridines is 1. The van der Waals surface area contributed by atoms with Crippen molar-refractivity contribution in [2.45, 2.75) is 58.4 Å². The summed E-state index contributed by atoms with van der Waals surface area (Å²) in [6.07, 6.45) is 30.0. The van der Waals surface area contributed by atoms with E-state index < -0.39 is 0 Å². The van der Waals surface area contributed by atoms with Crippen molar-refractivity contribution < 1.29 is 0 Å². The molecular weight excluding hydrogens is 633 g/mol. The van der Waals surface area contributed by atoms with Crippen LogP contribution in [0, 0.1) is 41.4 Å². The van der Waals surface area contributed by atoms with Gasteiger partial charge in [0.05, 0.1) is 11.7 Å². The number of hydrogen-bond acceptors (Lipinski definition) is 4. The number of allylic oxidation sites excluding steroid dienone is 9. The van der Waals surface area contributed by atoms with Gasteiger partial charge in [0.25, 0.3) is 0 Å². The first-order valence-corrected chi connectivity index (χ1v) is 19.8. The fourth-order valence-electron chi connectivity index (χ4n) is 11.0. The maximum Gasteiger partial charge on any atom is 0.133 e. The van der Waals surface area contributed by atoms with Crippen LogP contribution in [0.25, 0.3) is 10.8 Å². The molecule has 0 saturated carbocycles. The fraction of sp³-hybridized carbons (Fsp3) is 0.354. The van der Waals surface area contributed by atoms with Gasteiger partial charge in [-0.3, -0.25) is 4.99 Å². The summed E-state index contributed by atoms with van der Waals surface area (Å²) in [6.45, 7) is 5.90. The summed E-state index contributed by atoms with van der Waals surface area (Å²) in [5.74, 6) is 5.57. The largest absolute Gasteiger partial charge is 0.319 e. The molecule has 4 nitrogen and oxygen atoms in total. The lowest BCUT2D eigenvalue weighted by Gasteiger charge is -2.54. The highest BCUT2D eigenvalue weighted by Crippen LogP contribution is 2.59. The van der Waals surface area contributed by atoms with Crippen molar-refractivity contribution in [3.8, 4) is 0 Å². The summed E-state index contributed by atoms with van der Waals surface area (Å²) < 4.78 is 0. The first-order chi connectivity index (χ1) is 25.7. The van der Waals surface area contributed by atoms with Crippen LogP contribution in [0.15, 0.2) is 160 Å². The maximum absolute atomic E-state index is 5.21. The molecule has 260 valence electrons. The Morgan fingerprint density at radius 3 is 2.69 bits per heavy atom. The standard InChI is InChI=1S/C48H48N4/c1-31-29-43(51(45-21-7-9-27-49-45)41-19-11-15-33-13-3-5-17-37(33)41)39-26-24-36-32(2)30-44(40-25-23-35(31)47(39)48(36)40)52(46-22-8-10-28-50-46)42-20-12-16-34-14-4-6-18-38(34)42/h3-5,7-9,11-13,15-23,25,27,31-32,34-36,38,43,48H,10,14,24,26,28-30H2,1-2H3/t31?,32?,34?,35?,36?,38-,43?,48?/m0/s1. The molecule has 8 atom stereocenters. The van der Waals surface area contributed by atoms with Crippen molar-refractivity contribution >= 4 is 28.1 Å². The molecular formula is C48H48N4. The Kier molecular flexibility index (Phi) is 7.91. The van der Waals surface area contributed by atoms with Crippen molar-refractivity contribution in [3.05, 3.63) is 155 Å². The number of pyridine rings is 1. The number of anilines is 2. The summed E-state index contributed by atoms with van der Waals surface area (Å²) in [6, 6.07) is 22.3. The van der Waals surface area contributed by atoms with Gasteiger partial charge in [-0.15, -0.1) is 5.73 Å². The molecule has 4 heteroatoms. The quantitative estimate of drug-likeness (QED) is 0.199. The van der Waals surface area contributed by atoms with Gasteiger partial charge < -0.3 is 9.80 Å². The van der Waals surface area contributed by atoms with Crippen molar-refractivity contribution in [1.82, 2.24) is 9.88 Å². The second-order valence-corrected chi connectivity index (χ2v) is 16.1. The molecule has 0 bridgehead atoms. The molecule has 0 radical (unpaired) electrons. The zero-order chi connectivity index (χ0) is 34.8. The van der Waals surface area contributed by atoms with Gasteiger partial charge in [-0.2, -0.15) is 0 Å². The number of amidine groups is 1. The molecule has 52 heavy (non-hydrogen) atoms. The SMILES string of the molecule is CC1CC(N(c2ccccn2)c2cccc3ccccc23)C2=C3C1C=CC1=C(N(C4=CC=CC5CC=C=C[C@H]45)C4=NCCC=C4)CC(C)C(CC2)C13. The molecule has 0 saturated heterocycles. The minimum Gasteiger partial charge on any atom is -0.319 e. The Hall–Kier alpha value is -4.92. The average Bonchev–Trinajstić information content (AvgIpc) is 3.20. The lowest BCUT2D eigenvalue weighted by atomic mass is 9.54. The molecule has 3 aromatic rings. The lowest BCUT2D eigenvalue weighted by molar-refractivity contribution is 0.193. The average molecular weight is 681 g/mol. The minimum absolute atomic E-state index is 0.254. The number of fused-ring (bicyclic) bond motifs is 2. The van der Waals surface area contributed by atoms with Crippen LogP contribution in [0.4, 0.5) is 11.5 Å². The first kappa shape index (κ1) is 31.8. The Bertz CT molecular complexity index is 2200. The van der Waals surface area contributed by atoms with E-state index in [4.69, 9.17) is 9.98 Å². The molecule has 0 N–H and O–H groups in total. The fourth-order valence-corrected chi connectivity index (χ4v) is 11.0. The van der Waals surface area contributed by atoms with Crippen molar-refractivity contribution in [3.63, 3.8) is 0 Å². The van der Waals surface area contributed by atoms with Crippen molar-refractivity contribution in [1.29, 1.82) is 0 Å². The third-order valence-electron chi connectivity index (χ3n) is 13.3. The number of hydrogen-bond donors (Lipinski definition) is 0. The van der Waals surface area contributed by atoms with Gasteiger partial charge in [0.2, 0.25) is 0 Å². The van der Waals surface area contributed by atoms with Crippen LogP contribution in [0.3, 0.4) is 0 Å². The highest BCUT2D eigenvalue weighted by atomic mass is 15.2. The van der Waals surface area contributed by atoms with Gasteiger partial charge in [0.15, 0.2) is 0 Å². The summed E-state index contributed by atoms with van der Waals surface area (Å²) in [5.41, 5.74) is 12.5. The van der Waals surface area contributed by atoms with E-state index in [0.29, 0.717) is 41.4 Å². The number of aromatic nitrogens is 1. The molecule has 7 aliphatic rings. The number of nitrogens with zero attached hydrogens (tertiary/aromatic N) is 4. The second kappa shape index (κ2) is 12.9. The summed E-state index contributed by atoms with van der Waals surface area (Å²) in [5, 5.41) is 2.57. The van der Waals surface area contributed by atoms with E-state index in [9.17, 15) is 0 Å². The Morgan fingerprint density at radius 1 is 0.904 bits per heavy atom. The van der Waals surface area contributed by atoms with E-state index >= 15 is 0 Å². The van der Waals surface area contributed by atoms with E-state index in [1.54, 1.807) is 11.1 Å². The van der Waals surface area contributed by atoms with Gasteiger partial charge in [0.1, 0.15) is 11.7 Å². The molecule has 2 aromatic carbocycles. The smallest absolute Gasteiger partial charge is 0.133 e. The van der Waals surface area contributed by atoms with Crippen LogP contribution in [-0.2, 0) is 0 Å². The van der Waals surface area contributed by atoms with Crippen molar-refractivity contribution in [2.75, 3.05) is 11.4 Å². The van der Waals surface area contributed by atoms with Gasteiger partial charge >= 0.3 is 0 Å². The van der Waals surface area contributed by atoms with Crippen LogP contribution >= 0.6 is 0 Å². The van der Waals surface area contributed by atoms with E-state index in [1.165, 1.54) is 39.8 Å². The summed E-state index contributed by atoms with van der Waals surface area (Å²) in [4.78, 5) is 15.5. The van der Waals surface area contributed by atoms with Crippen LogP contribution in [0.5, 0.6) is 0 Å². The Balaban J connectivity index is 1.16. The minimum atomic E-state index is 0.254. The summed E-state index contributed by atoms with van der Waals surface area (Å²) in [7, 11) is 0. The first-order valence-electron chi connectivity index (χ1n) is 19.8. The van der Waals surface area contributed by atoms with Crippen molar-refractivity contribution in [2.24, 2.45) is 46.4 Å². The molecule has 10 rings (SSSR count). The Morgan fingerprint density at radius 2 is 1.81 bits per heavy atom. The van der Waals surface area contributed by atoms with E-state index in [2.05, 4.69) is 139 Å². The Labute approximate surface area is 308 Å². The number of rotatable bonds is 5. The van der Waals surface area contributed by atoms with Crippen LogP contribution < -0.4 is 4.90 Å². The van der Waals surface area contributed by atoms with E-state index in [1.807, 2.05) is 12.3 Å². The predicted octanol–water partition coefficient (Wildman–Crippen LogP) is 11.0. The third-order valence-corrected chi connectivity index (χ3v) is 13.3. The zero-order valence-electron chi connectivity index (χ0n) is 30.4. The van der Waals surface area contributed by atoms with Crippen LogP contribution in [-0.4, -0.2) is 28.3 Å². The summed E-state index contributed by atoms with van der Waals surface area (Å²) >= 11 is 0. The number of benzene rings is 2. The zero-order valence-corrected chi connectivity index (χ0v) is 30.4. The van der Waals surface area contributed by atoms with E-state index in [0.717, 1.165) is 50.3 Å². The monoisotopic (exact) mass is 680 g/mol. The molecule has 0 fully saturated rings. The number of aliphatic imine (C=N–C) groups is 1. The predicted molar refractivity (Wildman–Crippen MR) is 214 cm³/mol. The molecule has 6 aliphatic carbocycles. The van der Waals surface area contributed by atoms with Gasteiger partial charge in [-0.05, 0) is 121 Å². The molecule has 0 spiro atoms. The second-order valence-electron chi connectivity index (χ2n) is 16.1. The molecule has 0 amide bonds. The van der Waals surface area contributed by atoms with Crippen LogP contribution in [0.2, 0.25) is 0 Å². The van der Waals surface area contributed by atoms with Gasteiger partial charge in [-0.1, -0.05) is 92.3 Å². The molecule has 2 heterocycles. The highest BCUT2D eigenvalue weighted by Gasteiger charge is 2.51. The molecule has 7 unspecified atom stereocenters. The highest BCUT2D eigenvalue weighted by molar-refractivity contribution is 5.97. The third kappa shape index (κ3) is 5.10. The van der Waals surface area contributed by atoms with E-state index in [-0.39, 0.29) is 6.04 Å². The van der Waals surface area contributed by atoms with Gasteiger partial charge in [-0.25, -0.2) is 4.98 Å². The molecule has 1 aliphatic heterocycles.